The van der Waals surface area contributed by atoms with Crippen molar-refractivity contribution in [1.29, 1.82) is 0 Å². The molecular weight excluding hydrogens is 462 g/mol. The average molecular weight is 488 g/mol. The number of ether oxygens (including phenoxy) is 3. The van der Waals surface area contributed by atoms with E-state index >= 15 is 0 Å². The quantitative estimate of drug-likeness (QED) is 0.408. The number of hydrogen-bond acceptors (Lipinski definition) is 6. The lowest BCUT2D eigenvalue weighted by atomic mass is 10.1. The number of carbonyl (C=O) groups excluding carboxylic acids is 3. The van der Waals surface area contributed by atoms with E-state index in [4.69, 9.17) is 25.8 Å². The molecule has 34 heavy (non-hydrogen) atoms. The molecule has 9 nitrogen and oxygen atoms in total. The van der Waals surface area contributed by atoms with Crippen LogP contribution in [0.3, 0.4) is 0 Å². The third kappa shape index (κ3) is 5.79. The van der Waals surface area contributed by atoms with Crippen molar-refractivity contribution in [3.05, 3.63) is 52.7 Å². The van der Waals surface area contributed by atoms with Gasteiger partial charge in [-0.15, -0.1) is 0 Å². The molecule has 1 saturated heterocycles. The van der Waals surface area contributed by atoms with Crippen LogP contribution in [0.5, 0.6) is 17.2 Å². The summed E-state index contributed by atoms with van der Waals surface area (Å²) in [5.74, 6) is 0.278. The molecule has 0 saturated carbocycles. The second-order valence-corrected chi connectivity index (χ2v) is 7.93. The lowest BCUT2D eigenvalue weighted by Crippen LogP contribution is -2.38. The van der Waals surface area contributed by atoms with E-state index in [0.29, 0.717) is 33.5 Å². The largest absolute Gasteiger partial charge is 0.497 e. The number of anilines is 1. The standard InChI is InChI=1S/C24H26ClN3O6/c1-5-14(2)34-22-18(25)10-15(12-20(22)33-4)11-19-23(30)28(24(31)27-19)13-21(29)26-16-6-8-17(32-3)9-7-16/h6-12,14H,5,13H2,1-4H3,(H,26,29)(H,27,31)/b19-11-/t14-/m1/s1. The van der Waals surface area contributed by atoms with Crippen LogP contribution in [0.25, 0.3) is 6.08 Å². The molecule has 2 aromatic rings. The molecule has 3 rings (SSSR count). The molecule has 10 heteroatoms. The second-order valence-electron chi connectivity index (χ2n) is 7.53. The Labute approximate surface area is 202 Å². The minimum Gasteiger partial charge on any atom is -0.497 e. The molecule has 2 aromatic carbocycles. The van der Waals surface area contributed by atoms with Gasteiger partial charge in [-0.05, 0) is 61.4 Å². The van der Waals surface area contributed by atoms with Crippen molar-refractivity contribution in [1.82, 2.24) is 10.2 Å². The Bertz CT molecular complexity index is 1120. The van der Waals surface area contributed by atoms with Gasteiger partial charge in [0.05, 0.1) is 25.3 Å². The highest BCUT2D eigenvalue weighted by molar-refractivity contribution is 6.32. The summed E-state index contributed by atoms with van der Waals surface area (Å²) < 4.78 is 16.3. The fourth-order valence-corrected chi connectivity index (χ4v) is 3.39. The number of nitrogens with zero attached hydrogens (tertiary/aromatic N) is 1. The van der Waals surface area contributed by atoms with Gasteiger partial charge in [0.25, 0.3) is 5.91 Å². The fourth-order valence-electron chi connectivity index (χ4n) is 3.12. The van der Waals surface area contributed by atoms with Gasteiger partial charge in [-0.1, -0.05) is 18.5 Å². The van der Waals surface area contributed by atoms with Crippen LogP contribution in [0.1, 0.15) is 25.8 Å². The summed E-state index contributed by atoms with van der Waals surface area (Å²) in [4.78, 5) is 38.3. The maximum absolute atomic E-state index is 12.8. The zero-order valence-corrected chi connectivity index (χ0v) is 20.1. The third-order valence-corrected chi connectivity index (χ3v) is 5.38. The molecule has 180 valence electrons. The highest BCUT2D eigenvalue weighted by Gasteiger charge is 2.35. The zero-order chi connectivity index (χ0) is 24.8. The number of rotatable bonds is 9. The summed E-state index contributed by atoms with van der Waals surface area (Å²) in [5.41, 5.74) is 1.04. The van der Waals surface area contributed by atoms with Crippen molar-refractivity contribution in [2.45, 2.75) is 26.4 Å². The smallest absolute Gasteiger partial charge is 0.329 e. The Hall–Kier alpha value is -3.72. The number of benzene rings is 2. The van der Waals surface area contributed by atoms with Gasteiger partial charge < -0.3 is 24.8 Å². The Morgan fingerprint density at radius 1 is 1.18 bits per heavy atom. The van der Waals surface area contributed by atoms with Crippen LogP contribution >= 0.6 is 11.6 Å². The highest BCUT2D eigenvalue weighted by atomic mass is 35.5. The molecular formula is C24H26ClN3O6. The summed E-state index contributed by atoms with van der Waals surface area (Å²) >= 11 is 6.38. The number of nitrogens with one attached hydrogen (secondary N) is 2. The summed E-state index contributed by atoms with van der Waals surface area (Å²) in [6, 6.07) is 9.23. The molecule has 4 amide bonds. The fraction of sp³-hybridized carbons (Fsp3) is 0.292. The lowest BCUT2D eigenvalue weighted by Gasteiger charge is -2.17. The van der Waals surface area contributed by atoms with E-state index in [-0.39, 0.29) is 11.8 Å². The van der Waals surface area contributed by atoms with Gasteiger partial charge in [0.1, 0.15) is 18.0 Å². The first kappa shape index (κ1) is 24.9. The molecule has 0 bridgehead atoms. The monoisotopic (exact) mass is 487 g/mol. The summed E-state index contributed by atoms with van der Waals surface area (Å²) in [6.07, 6.45) is 2.18. The number of halogens is 1. The molecule has 0 aliphatic carbocycles. The van der Waals surface area contributed by atoms with Crippen LogP contribution in [0, 0.1) is 0 Å². The summed E-state index contributed by atoms with van der Waals surface area (Å²) in [5, 5.41) is 5.43. The predicted molar refractivity (Wildman–Crippen MR) is 128 cm³/mol. The Kier molecular flexibility index (Phi) is 8.01. The van der Waals surface area contributed by atoms with Crippen molar-refractivity contribution >= 4 is 41.2 Å². The first-order chi connectivity index (χ1) is 16.2. The van der Waals surface area contributed by atoms with E-state index in [2.05, 4.69) is 10.6 Å². The van der Waals surface area contributed by atoms with E-state index < -0.39 is 24.4 Å². The molecule has 0 unspecified atom stereocenters. The second kappa shape index (κ2) is 10.9. The Morgan fingerprint density at radius 2 is 1.88 bits per heavy atom. The lowest BCUT2D eigenvalue weighted by molar-refractivity contribution is -0.127. The maximum Gasteiger partial charge on any atom is 0.329 e. The van der Waals surface area contributed by atoms with Crippen molar-refractivity contribution in [2.24, 2.45) is 0 Å². The number of urea groups is 1. The highest BCUT2D eigenvalue weighted by Crippen LogP contribution is 2.38. The topological polar surface area (TPSA) is 106 Å². The van der Waals surface area contributed by atoms with Crippen LogP contribution in [-0.2, 0) is 9.59 Å². The van der Waals surface area contributed by atoms with Gasteiger partial charge in [0, 0.05) is 5.69 Å². The van der Waals surface area contributed by atoms with Crippen LogP contribution in [0.15, 0.2) is 42.1 Å². The molecule has 1 fully saturated rings. The number of imide groups is 1. The molecule has 0 radical (unpaired) electrons. The van der Waals surface area contributed by atoms with Gasteiger partial charge in [-0.25, -0.2) is 9.69 Å². The van der Waals surface area contributed by atoms with Crippen LogP contribution in [0.2, 0.25) is 5.02 Å². The minimum absolute atomic E-state index is 0.0101. The van der Waals surface area contributed by atoms with E-state index in [9.17, 15) is 14.4 Å². The molecule has 2 N–H and O–H groups in total. The molecule has 0 spiro atoms. The average Bonchev–Trinajstić information content (AvgIpc) is 3.08. The minimum atomic E-state index is -0.698. The van der Waals surface area contributed by atoms with E-state index in [1.54, 1.807) is 36.4 Å². The van der Waals surface area contributed by atoms with E-state index in [1.807, 2.05) is 13.8 Å². The molecule has 1 aliphatic heterocycles. The third-order valence-electron chi connectivity index (χ3n) is 5.09. The van der Waals surface area contributed by atoms with E-state index in [0.717, 1.165) is 11.3 Å². The first-order valence-electron chi connectivity index (χ1n) is 10.6. The van der Waals surface area contributed by atoms with Gasteiger partial charge in [-0.3, -0.25) is 9.59 Å². The molecule has 0 aromatic heterocycles. The van der Waals surface area contributed by atoms with Crippen molar-refractivity contribution in [3.8, 4) is 17.2 Å². The van der Waals surface area contributed by atoms with Crippen molar-refractivity contribution in [3.63, 3.8) is 0 Å². The van der Waals surface area contributed by atoms with Crippen molar-refractivity contribution < 1.29 is 28.6 Å². The molecule has 1 aliphatic rings. The maximum atomic E-state index is 12.8. The van der Waals surface area contributed by atoms with Crippen LogP contribution in [0.4, 0.5) is 10.5 Å². The predicted octanol–water partition coefficient (Wildman–Crippen LogP) is 4.07. The molecule has 1 heterocycles. The Morgan fingerprint density at radius 3 is 2.50 bits per heavy atom. The number of hydrogen-bond donors (Lipinski definition) is 2. The van der Waals surface area contributed by atoms with Crippen LogP contribution < -0.4 is 24.8 Å². The summed E-state index contributed by atoms with van der Waals surface area (Å²) in [7, 11) is 3.02. The van der Waals surface area contributed by atoms with Gasteiger partial charge in [-0.2, -0.15) is 0 Å². The number of amides is 4. The van der Waals surface area contributed by atoms with Gasteiger partial charge >= 0.3 is 6.03 Å². The number of methoxy groups -OCH3 is 2. The van der Waals surface area contributed by atoms with Gasteiger partial charge in [0.15, 0.2) is 11.5 Å². The zero-order valence-electron chi connectivity index (χ0n) is 19.3. The normalized spacial score (nSPS) is 15.2. The van der Waals surface area contributed by atoms with Crippen molar-refractivity contribution in [2.75, 3.05) is 26.1 Å². The number of carbonyl (C=O) groups is 3. The first-order valence-corrected chi connectivity index (χ1v) is 11.0. The summed E-state index contributed by atoms with van der Waals surface area (Å²) in [6.45, 7) is 3.46. The Balaban J connectivity index is 1.73. The SMILES string of the molecule is CC[C@@H](C)Oc1c(Cl)cc(/C=C2\NC(=O)N(CC(=O)Nc3ccc(OC)cc3)C2=O)cc1OC. The molecule has 1 atom stereocenters. The van der Waals surface area contributed by atoms with Gasteiger partial charge in [0.2, 0.25) is 5.91 Å². The van der Waals surface area contributed by atoms with Crippen LogP contribution in [-0.4, -0.2) is 49.6 Å². The van der Waals surface area contributed by atoms with E-state index in [1.165, 1.54) is 20.3 Å².